The normalized spacial score (nSPS) is 10.8. The summed E-state index contributed by atoms with van der Waals surface area (Å²) in [6, 6.07) is 25.6. The number of aromatic nitrogens is 6. The molecular formula is C29H22N6O6. The van der Waals surface area contributed by atoms with Crippen molar-refractivity contribution in [1.82, 2.24) is 29.9 Å². The molecule has 0 aliphatic heterocycles. The van der Waals surface area contributed by atoms with Crippen molar-refractivity contribution in [2.24, 2.45) is 0 Å². The summed E-state index contributed by atoms with van der Waals surface area (Å²) in [7, 11) is 3.15. The van der Waals surface area contributed by atoms with Crippen molar-refractivity contribution in [1.29, 1.82) is 0 Å². The van der Waals surface area contributed by atoms with Crippen LogP contribution in [0.1, 0.15) is 0 Å². The summed E-state index contributed by atoms with van der Waals surface area (Å²) in [4.78, 5) is 14.2. The van der Waals surface area contributed by atoms with E-state index in [-0.39, 0.29) is 29.5 Å². The fraction of sp³-hybridized carbons (Fsp3) is 0.0690. The van der Waals surface area contributed by atoms with Crippen molar-refractivity contribution in [3.8, 4) is 58.2 Å². The summed E-state index contributed by atoms with van der Waals surface area (Å²) < 4.78 is 27.9. The molecule has 12 heteroatoms. The van der Waals surface area contributed by atoms with Crippen molar-refractivity contribution in [3.05, 3.63) is 91.0 Å². The van der Waals surface area contributed by atoms with Gasteiger partial charge in [0.15, 0.2) is 0 Å². The second kappa shape index (κ2) is 11.1. The number of phenols is 1. The zero-order chi connectivity index (χ0) is 28.2. The summed E-state index contributed by atoms with van der Waals surface area (Å²) >= 11 is 0. The maximum Gasteiger partial charge on any atom is 0.331 e. The Balaban J connectivity index is 1.28. The first kappa shape index (κ1) is 25.4. The first-order valence-electron chi connectivity index (χ1n) is 12.3. The van der Waals surface area contributed by atoms with Gasteiger partial charge in [0.05, 0.1) is 14.2 Å². The van der Waals surface area contributed by atoms with Crippen molar-refractivity contribution in [2.75, 3.05) is 14.2 Å². The highest BCUT2D eigenvalue weighted by Gasteiger charge is 2.15. The van der Waals surface area contributed by atoms with Crippen molar-refractivity contribution < 1.29 is 28.8 Å². The van der Waals surface area contributed by atoms with Gasteiger partial charge in [0.25, 0.3) is 0 Å². The number of phenolic OH excluding ortho intramolecular Hbond substituents is 1. The Morgan fingerprint density at radius 1 is 0.537 bits per heavy atom. The minimum Gasteiger partial charge on any atom is -0.505 e. The van der Waals surface area contributed by atoms with Gasteiger partial charge >= 0.3 is 18.0 Å². The number of aromatic hydroxyl groups is 1. The fourth-order valence-electron chi connectivity index (χ4n) is 3.76. The van der Waals surface area contributed by atoms with Crippen LogP contribution in [0, 0.1) is 0 Å². The molecule has 204 valence electrons. The highest BCUT2D eigenvalue weighted by molar-refractivity contribution is 5.73. The molecule has 0 bridgehead atoms. The third kappa shape index (κ3) is 5.76. The smallest absolute Gasteiger partial charge is 0.331 e. The predicted octanol–water partition coefficient (Wildman–Crippen LogP) is 5.71. The molecule has 0 saturated heterocycles. The fourth-order valence-corrected chi connectivity index (χ4v) is 3.76. The third-order valence-corrected chi connectivity index (χ3v) is 5.77. The van der Waals surface area contributed by atoms with Crippen LogP contribution in [0.15, 0.2) is 91.0 Å². The Hall–Kier alpha value is -5.91. The van der Waals surface area contributed by atoms with Crippen molar-refractivity contribution in [2.45, 2.75) is 0 Å². The van der Waals surface area contributed by atoms with Crippen LogP contribution in [0.3, 0.4) is 0 Å². The Kier molecular flexibility index (Phi) is 6.85. The SMILES string of the molecule is COc1ccc(Oc2nc(Oc3ccc(OC)cc3)nc(Oc3ccc(-n4nc5ccccc5n4)c(O)c3)n2)cc1. The van der Waals surface area contributed by atoms with Gasteiger partial charge in [-0.1, -0.05) is 12.1 Å². The molecular weight excluding hydrogens is 528 g/mol. The van der Waals surface area contributed by atoms with Crippen LogP contribution >= 0.6 is 0 Å². The first-order chi connectivity index (χ1) is 20.1. The van der Waals surface area contributed by atoms with Crippen LogP contribution in [0.2, 0.25) is 0 Å². The maximum atomic E-state index is 10.7. The lowest BCUT2D eigenvalue weighted by Gasteiger charge is -2.11. The van der Waals surface area contributed by atoms with Crippen LogP contribution in [-0.2, 0) is 0 Å². The first-order valence-corrected chi connectivity index (χ1v) is 12.3. The molecule has 1 N–H and O–H groups in total. The van der Waals surface area contributed by atoms with E-state index in [0.29, 0.717) is 39.7 Å². The van der Waals surface area contributed by atoms with Crippen molar-refractivity contribution in [3.63, 3.8) is 0 Å². The monoisotopic (exact) mass is 550 g/mol. The topological polar surface area (TPSA) is 136 Å². The average molecular weight is 551 g/mol. The van der Waals surface area contributed by atoms with Gasteiger partial charge in [-0.3, -0.25) is 0 Å². The second-order valence-electron chi connectivity index (χ2n) is 8.47. The molecule has 12 nitrogen and oxygen atoms in total. The lowest BCUT2D eigenvalue weighted by Crippen LogP contribution is -2.02. The van der Waals surface area contributed by atoms with E-state index in [1.807, 2.05) is 24.3 Å². The van der Waals surface area contributed by atoms with Crippen LogP contribution in [0.5, 0.6) is 52.5 Å². The number of rotatable bonds is 9. The molecule has 0 amide bonds. The number of methoxy groups -OCH3 is 2. The van der Waals surface area contributed by atoms with Gasteiger partial charge in [-0.05, 0) is 72.8 Å². The number of hydrogen-bond donors (Lipinski definition) is 1. The summed E-state index contributed by atoms with van der Waals surface area (Å²) in [5.41, 5.74) is 1.77. The second-order valence-corrected chi connectivity index (χ2v) is 8.47. The van der Waals surface area contributed by atoms with Crippen LogP contribution in [0.25, 0.3) is 16.7 Å². The molecule has 0 atom stereocenters. The lowest BCUT2D eigenvalue weighted by atomic mass is 10.3. The van der Waals surface area contributed by atoms with Gasteiger partial charge in [0, 0.05) is 6.07 Å². The summed E-state index contributed by atoms with van der Waals surface area (Å²) in [6.45, 7) is 0. The van der Waals surface area contributed by atoms with E-state index in [0.717, 1.165) is 0 Å². The van der Waals surface area contributed by atoms with E-state index in [4.69, 9.17) is 23.7 Å². The molecule has 2 heterocycles. The largest absolute Gasteiger partial charge is 0.505 e. The molecule has 0 aliphatic rings. The van der Waals surface area contributed by atoms with E-state index >= 15 is 0 Å². The summed E-state index contributed by atoms with van der Waals surface area (Å²) in [5, 5.41) is 19.5. The van der Waals surface area contributed by atoms with Crippen LogP contribution in [0.4, 0.5) is 0 Å². The van der Waals surface area contributed by atoms with Crippen molar-refractivity contribution >= 4 is 11.0 Å². The lowest BCUT2D eigenvalue weighted by molar-refractivity contribution is 0.360. The predicted molar refractivity (Wildman–Crippen MR) is 147 cm³/mol. The van der Waals surface area contributed by atoms with Gasteiger partial charge in [0.1, 0.15) is 51.2 Å². The molecule has 0 fully saturated rings. The molecule has 6 rings (SSSR count). The Morgan fingerprint density at radius 3 is 1.39 bits per heavy atom. The van der Waals surface area contributed by atoms with E-state index in [9.17, 15) is 5.11 Å². The molecule has 41 heavy (non-hydrogen) atoms. The van der Waals surface area contributed by atoms with Gasteiger partial charge in [-0.2, -0.15) is 0 Å². The number of ether oxygens (including phenoxy) is 5. The third-order valence-electron chi connectivity index (χ3n) is 5.77. The van der Waals surface area contributed by atoms with Gasteiger partial charge < -0.3 is 28.8 Å². The number of hydrogen-bond acceptors (Lipinski definition) is 11. The zero-order valence-corrected chi connectivity index (χ0v) is 21.8. The van der Waals surface area contributed by atoms with E-state index in [2.05, 4.69) is 25.1 Å². The van der Waals surface area contributed by atoms with Crippen LogP contribution < -0.4 is 23.7 Å². The highest BCUT2D eigenvalue weighted by atomic mass is 16.5. The molecule has 0 unspecified atom stereocenters. The minimum absolute atomic E-state index is 0.0723. The number of benzene rings is 4. The molecule has 6 aromatic rings. The van der Waals surface area contributed by atoms with Crippen LogP contribution in [-0.4, -0.2) is 49.3 Å². The molecule has 0 radical (unpaired) electrons. The summed E-state index contributed by atoms with van der Waals surface area (Å²) in [5.74, 6) is 2.39. The maximum absolute atomic E-state index is 10.7. The molecule has 4 aromatic carbocycles. The quantitative estimate of drug-likeness (QED) is 0.237. The van der Waals surface area contributed by atoms with E-state index in [1.54, 1.807) is 74.9 Å². The molecule has 0 aliphatic carbocycles. The number of nitrogens with zero attached hydrogens (tertiary/aromatic N) is 6. The Bertz CT molecular complexity index is 1710. The van der Waals surface area contributed by atoms with Gasteiger partial charge in [-0.15, -0.1) is 29.9 Å². The van der Waals surface area contributed by atoms with Gasteiger partial charge in [-0.25, -0.2) is 0 Å². The Labute approximate surface area is 233 Å². The highest BCUT2D eigenvalue weighted by Crippen LogP contribution is 2.31. The van der Waals surface area contributed by atoms with E-state index < -0.39 is 0 Å². The molecule has 2 aromatic heterocycles. The Morgan fingerprint density at radius 2 is 0.951 bits per heavy atom. The minimum atomic E-state index is -0.123. The van der Waals surface area contributed by atoms with Gasteiger partial charge in [0.2, 0.25) is 0 Å². The zero-order valence-electron chi connectivity index (χ0n) is 21.8. The summed E-state index contributed by atoms with van der Waals surface area (Å²) in [6.07, 6.45) is 0. The number of fused-ring (bicyclic) bond motifs is 1. The average Bonchev–Trinajstić information content (AvgIpc) is 3.42. The standard InChI is InChI=1S/C29H22N6O6/c1-37-18-7-11-20(12-8-18)39-27-30-28(40-21-13-9-19(38-2)10-14-21)32-29(31-27)41-22-15-16-25(26(36)17-22)35-33-23-5-3-4-6-24(23)34-35/h3-17,36H,1-2H3. The molecule has 0 saturated carbocycles. The molecule has 0 spiro atoms. The van der Waals surface area contributed by atoms with E-state index in [1.165, 1.54) is 10.9 Å².